The lowest BCUT2D eigenvalue weighted by molar-refractivity contribution is 0.101. The van der Waals surface area contributed by atoms with Gasteiger partial charge in [-0.1, -0.05) is 12.1 Å². The minimum Gasteiger partial charge on any atom is -0.267 e. The highest BCUT2D eigenvalue weighted by Crippen LogP contribution is 2.18. The van der Waals surface area contributed by atoms with E-state index in [-0.39, 0.29) is 11.1 Å². The number of benzene rings is 1. The van der Waals surface area contributed by atoms with Crippen molar-refractivity contribution in [2.45, 2.75) is 26.3 Å². The van der Waals surface area contributed by atoms with Crippen LogP contribution in [0.2, 0.25) is 0 Å². The van der Waals surface area contributed by atoms with Crippen molar-refractivity contribution in [1.82, 2.24) is 19.4 Å². The van der Waals surface area contributed by atoms with Gasteiger partial charge in [0.15, 0.2) is 5.65 Å². The van der Waals surface area contributed by atoms with Crippen LogP contribution in [-0.4, -0.2) is 25.3 Å². The van der Waals surface area contributed by atoms with Crippen molar-refractivity contribution in [2.24, 2.45) is 0 Å². The lowest BCUT2D eigenvalue weighted by atomic mass is 10.1. The van der Waals surface area contributed by atoms with Gasteiger partial charge < -0.3 is 0 Å². The second kappa shape index (κ2) is 5.86. The number of aromatic nitrogens is 4. The Hall–Kier alpha value is -2.48. The number of rotatable bonds is 2. The molecule has 0 aliphatic carbocycles. The van der Waals surface area contributed by atoms with Gasteiger partial charge in [-0.25, -0.2) is 14.3 Å². The number of nitrogens with zero attached hydrogens (tertiary/aromatic N) is 4. The Labute approximate surface area is 146 Å². The summed E-state index contributed by atoms with van der Waals surface area (Å²) in [6.45, 7) is 5.92. The van der Waals surface area contributed by atoms with Crippen LogP contribution < -0.4 is 11.0 Å². The number of carbonyl (C=O) groups excluding carboxylic acids is 1. The van der Waals surface area contributed by atoms with E-state index >= 15 is 0 Å². The third kappa shape index (κ3) is 2.84. The molecule has 1 amide bonds. The van der Waals surface area contributed by atoms with E-state index in [9.17, 15) is 9.59 Å². The monoisotopic (exact) mass is 389 g/mol. The van der Waals surface area contributed by atoms with Crippen LogP contribution in [0.15, 0.2) is 46.1 Å². The Morgan fingerprint density at radius 3 is 2.62 bits per heavy atom. The molecule has 3 aromatic rings. The Kier molecular flexibility index (Phi) is 4.00. The molecule has 7 nitrogen and oxygen atoms in total. The van der Waals surface area contributed by atoms with E-state index in [1.807, 2.05) is 26.8 Å². The molecule has 8 heteroatoms. The third-order valence-electron chi connectivity index (χ3n) is 3.46. The maximum absolute atomic E-state index is 12.6. The average Bonchev–Trinajstić information content (AvgIpc) is 2.95. The SMILES string of the molecule is CC(C)(C)n1ncc2c(=O)n(NC(=O)c3ccccc3Br)cnc21. The highest BCUT2D eigenvalue weighted by atomic mass is 79.9. The number of halogens is 1. The Balaban J connectivity index is 2.00. The summed E-state index contributed by atoms with van der Waals surface area (Å²) >= 11 is 3.32. The molecule has 0 spiro atoms. The predicted octanol–water partition coefficient (Wildman–Crippen LogP) is 2.49. The van der Waals surface area contributed by atoms with E-state index in [0.29, 0.717) is 21.1 Å². The van der Waals surface area contributed by atoms with Crippen LogP contribution in [0, 0.1) is 0 Å². The molecule has 0 radical (unpaired) electrons. The van der Waals surface area contributed by atoms with Crippen LogP contribution in [-0.2, 0) is 5.54 Å². The van der Waals surface area contributed by atoms with Crippen molar-refractivity contribution in [3.63, 3.8) is 0 Å². The lowest BCUT2D eigenvalue weighted by Gasteiger charge is -2.19. The highest BCUT2D eigenvalue weighted by Gasteiger charge is 2.20. The van der Waals surface area contributed by atoms with Crippen LogP contribution in [0.4, 0.5) is 0 Å². The van der Waals surface area contributed by atoms with E-state index in [4.69, 9.17) is 0 Å². The van der Waals surface area contributed by atoms with Crippen molar-refractivity contribution in [3.05, 3.63) is 57.2 Å². The largest absolute Gasteiger partial charge is 0.283 e. The molecule has 1 N–H and O–H groups in total. The molecule has 2 aromatic heterocycles. The number of nitrogens with one attached hydrogen (secondary N) is 1. The van der Waals surface area contributed by atoms with Crippen molar-refractivity contribution >= 4 is 32.9 Å². The molecule has 0 fully saturated rings. The number of amides is 1. The van der Waals surface area contributed by atoms with Gasteiger partial charge in [0, 0.05) is 4.47 Å². The Morgan fingerprint density at radius 1 is 1.25 bits per heavy atom. The summed E-state index contributed by atoms with van der Waals surface area (Å²) < 4.78 is 3.40. The van der Waals surface area contributed by atoms with Gasteiger partial charge in [0.2, 0.25) is 0 Å². The van der Waals surface area contributed by atoms with Crippen LogP contribution in [0.5, 0.6) is 0 Å². The first-order valence-electron chi connectivity index (χ1n) is 7.31. The molecule has 3 rings (SSSR count). The molecule has 0 saturated heterocycles. The Bertz CT molecular complexity index is 984. The normalized spacial score (nSPS) is 11.7. The first kappa shape index (κ1) is 16.4. The van der Waals surface area contributed by atoms with Crippen LogP contribution >= 0.6 is 15.9 Å². The number of hydrogen-bond donors (Lipinski definition) is 1. The molecule has 0 saturated carbocycles. The van der Waals surface area contributed by atoms with Gasteiger partial charge in [-0.2, -0.15) is 5.10 Å². The van der Waals surface area contributed by atoms with Gasteiger partial charge in [-0.15, -0.1) is 0 Å². The van der Waals surface area contributed by atoms with Crippen LogP contribution in [0.3, 0.4) is 0 Å². The smallest absolute Gasteiger partial charge is 0.267 e. The quantitative estimate of drug-likeness (QED) is 0.729. The maximum Gasteiger partial charge on any atom is 0.283 e. The van der Waals surface area contributed by atoms with Gasteiger partial charge in [-0.3, -0.25) is 15.0 Å². The second-order valence-corrected chi connectivity index (χ2v) is 7.16. The van der Waals surface area contributed by atoms with E-state index in [1.54, 1.807) is 22.9 Å². The summed E-state index contributed by atoms with van der Waals surface area (Å²) in [6.07, 6.45) is 2.76. The van der Waals surface area contributed by atoms with Gasteiger partial charge in [0.05, 0.1) is 17.3 Å². The highest BCUT2D eigenvalue weighted by molar-refractivity contribution is 9.10. The van der Waals surface area contributed by atoms with E-state index in [1.165, 1.54) is 12.5 Å². The molecular formula is C16H16BrN5O2. The molecule has 0 aliphatic heterocycles. The van der Waals surface area contributed by atoms with Gasteiger partial charge in [0.25, 0.3) is 11.5 Å². The summed E-state index contributed by atoms with van der Waals surface area (Å²) in [5.74, 6) is -0.408. The molecule has 0 bridgehead atoms. The summed E-state index contributed by atoms with van der Waals surface area (Å²) in [7, 11) is 0. The van der Waals surface area contributed by atoms with Gasteiger partial charge in [-0.05, 0) is 48.8 Å². The first-order valence-corrected chi connectivity index (χ1v) is 8.10. The van der Waals surface area contributed by atoms with Gasteiger partial charge >= 0.3 is 0 Å². The summed E-state index contributed by atoms with van der Waals surface area (Å²) in [4.78, 5) is 29.2. The minimum atomic E-state index is -0.408. The summed E-state index contributed by atoms with van der Waals surface area (Å²) in [5, 5.41) is 4.59. The van der Waals surface area contributed by atoms with Crippen molar-refractivity contribution in [3.8, 4) is 0 Å². The number of carbonyl (C=O) groups is 1. The van der Waals surface area contributed by atoms with Crippen molar-refractivity contribution < 1.29 is 4.79 Å². The zero-order chi connectivity index (χ0) is 17.5. The molecular weight excluding hydrogens is 374 g/mol. The van der Waals surface area contributed by atoms with Crippen LogP contribution in [0.1, 0.15) is 31.1 Å². The fraction of sp³-hybridized carbons (Fsp3) is 0.250. The first-order chi connectivity index (χ1) is 11.3. The fourth-order valence-corrected chi connectivity index (χ4v) is 2.76. The molecule has 0 aliphatic rings. The topological polar surface area (TPSA) is 81.8 Å². The zero-order valence-corrected chi connectivity index (χ0v) is 15.0. The third-order valence-corrected chi connectivity index (χ3v) is 4.16. The minimum absolute atomic E-state index is 0.300. The predicted molar refractivity (Wildman–Crippen MR) is 94.6 cm³/mol. The second-order valence-electron chi connectivity index (χ2n) is 6.30. The zero-order valence-electron chi connectivity index (χ0n) is 13.4. The van der Waals surface area contributed by atoms with E-state index < -0.39 is 5.91 Å². The summed E-state index contributed by atoms with van der Waals surface area (Å²) in [6, 6.07) is 6.97. The lowest BCUT2D eigenvalue weighted by Crippen LogP contribution is -2.33. The summed E-state index contributed by atoms with van der Waals surface area (Å²) in [5.41, 5.74) is 2.78. The van der Waals surface area contributed by atoms with Crippen molar-refractivity contribution in [1.29, 1.82) is 0 Å². The molecule has 0 unspecified atom stereocenters. The average molecular weight is 390 g/mol. The molecule has 24 heavy (non-hydrogen) atoms. The van der Waals surface area contributed by atoms with E-state index in [2.05, 4.69) is 31.4 Å². The van der Waals surface area contributed by atoms with Crippen molar-refractivity contribution in [2.75, 3.05) is 5.43 Å². The molecule has 2 heterocycles. The number of fused-ring (bicyclic) bond motifs is 1. The standard InChI is InChI=1S/C16H16BrN5O2/c1-16(2,3)22-13-11(8-19-22)15(24)21(9-18-13)20-14(23)10-6-4-5-7-12(10)17/h4-9H,1-3H3,(H,20,23). The molecule has 124 valence electrons. The molecule has 0 atom stereocenters. The fourth-order valence-electron chi connectivity index (χ4n) is 2.30. The van der Waals surface area contributed by atoms with Gasteiger partial charge in [0.1, 0.15) is 11.7 Å². The number of hydrogen-bond acceptors (Lipinski definition) is 4. The van der Waals surface area contributed by atoms with Crippen LogP contribution in [0.25, 0.3) is 11.0 Å². The maximum atomic E-state index is 12.6. The Morgan fingerprint density at radius 2 is 1.96 bits per heavy atom. The molecule has 1 aromatic carbocycles. The van der Waals surface area contributed by atoms with E-state index in [0.717, 1.165) is 4.68 Å².